The number of halogens is 1. The van der Waals surface area contributed by atoms with E-state index >= 15 is 9.59 Å². The molecule has 10 rings (SSSR count). The normalized spacial score (nSPS) is 27.3. The number of allylic oxidation sites excluding steroid dienone is 2. The Balaban J connectivity index is 1.15. The predicted octanol–water partition coefficient (Wildman–Crippen LogP) is 7.40. The van der Waals surface area contributed by atoms with E-state index in [-0.39, 0.29) is 35.8 Å². The van der Waals surface area contributed by atoms with Gasteiger partial charge in [0.25, 0.3) is 0 Å². The molecule has 0 aromatic heterocycles. The van der Waals surface area contributed by atoms with E-state index in [1.54, 1.807) is 30.3 Å². The Morgan fingerprint density at radius 1 is 0.679 bits per heavy atom. The number of carbonyl (C=O) groups is 4. The molecule has 9 nitrogen and oxygen atoms in total. The van der Waals surface area contributed by atoms with E-state index in [4.69, 9.17) is 16.3 Å². The highest BCUT2D eigenvalue weighted by Gasteiger charge is 2.70. The number of aromatic hydroxyl groups is 1. The van der Waals surface area contributed by atoms with Crippen LogP contribution in [0.5, 0.6) is 5.75 Å². The van der Waals surface area contributed by atoms with Gasteiger partial charge >= 0.3 is 0 Å². The number of hydrogen-bond acceptors (Lipinski definition) is 7. The first-order chi connectivity index (χ1) is 27.3. The van der Waals surface area contributed by atoms with Crippen molar-refractivity contribution in [2.75, 3.05) is 41.0 Å². The Hall–Kier alpha value is -5.77. The number of ether oxygens (including phenoxy) is 1. The van der Waals surface area contributed by atoms with Crippen molar-refractivity contribution >= 4 is 63.1 Å². The van der Waals surface area contributed by atoms with Gasteiger partial charge in [0.05, 0.1) is 47.8 Å². The van der Waals surface area contributed by atoms with Gasteiger partial charge in [-0.15, -0.1) is 0 Å². The summed E-state index contributed by atoms with van der Waals surface area (Å²) in [5.74, 6) is -4.67. The highest BCUT2D eigenvalue weighted by atomic mass is 35.5. The van der Waals surface area contributed by atoms with Gasteiger partial charge in [-0.3, -0.25) is 24.1 Å². The maximum absolute atomic E-state index is 15.6. The van der Waals surface area contributed by atoms with Gasteiger partial charge in [-0.1, -0.05) is 90.0 Å². The molecule has 10 heteroatoms. The first kappa shape index (κ1) is 34.7. The first-order valence-electron chi connectivity index (χ1n) is 19.2. The van der Waals surface area contributed by atoms with Gasteiger partial charge in [0.2, 0.25) is 23.6 Å². The van der Waals surface area contributed by atoms with E-state index in [0.29, 0.717) is 47.0 Å². The fourth-order valence-electron chi connectivity index (χ4n) is 10.5. The van der Waals surface area contributed by atoms with Gasteiger partial charge in [0.15, 0.2) is 0 Å². The molecule has 3 saturated heterocycles. The zero-order valence-electron chi connectivity index (χ0n) is 30.4. The molecule has 280 valence electrons. The number of morpholine rings is 1. The number of rotatable bonds is 5. The maximum atomic E-state index is 15.6. The van der Waals surface area contributed by atoms with Gasteiger partial charge in [-0.05, 0) is 83.8 Å². The molecule has 3 aliphatic heterocycles. The van der Waals surface area contributed by atoms with Crippen molar-refractivity contribution in [3.8, 4) is 5.75 Å². The lowest BCUT2D eigenvalue weighted by molar-refractivity contribution is -0.127. The summed E-state index contributed by atoms with van der Waals surface area (Å²) in [6, 6.07) is 34.8. The van der Waals surface area contributed by atoms with E-state index in [9.17, 15) is 14.7 Å². The third-order valence-electron chi connectivity index (χ3n) is 12.9. The quantitative estimate of drug-likeness (QED) is 0.147. The molecule has 3 heterocycles. The highest BCUT2D eigenvalue weighted by Crippen LogP contribution is 2.65. The average Bonchev–Trinajstić information content (AvgIpc) is 3.62. The molecule has 5 aromatic rings. The second-order valence-electron chi connectivity index (χ2n) is 15.4. The van der Waals surface area contributed by atoms with Crippen LogP contribution in [0.4, 0.5) is 17.1 Å². The number of carbonyl (C=O) groups excluding carboxylic acids is 4. The number of benzene rings is 5. The van der Waals surface area contributed by atoms with Crippen LogP contribution in [0.3, 0.4) is 0 Å². The lowest BCUT2D eigenvalue weighted by atomic mass is 9.49. The summed E-state index contributed by atoms with van der Waals surface area (Å²) in [7, 11) is 0. The van der Waals surface area contributed by atoms with Gasteiger partial charge < -0.3 is 14.7 Å². The van der Waals surface area contributed by atoms with Crippen LogP contribution in [0.2, 0.25) is 5.02 Å². The molecule has 0 bridgehead atoms. The lowest BCUT2D eigenvalue weighted by Crippen LogP contribution is -2.53. The molecule has 0 spiro atoms. The molecule has 6 unspecified atom stereocenters. The molecule has 2 aliphatic carbocycles. The molecule has 56 heavy (non-hydrogen) atoms. The summed E-state index contributed by atoms with van der Waals surface area (Å²) < 4.78 is 5.51. The van der Waals surface area contributed by atoms with Crippen molar-refractivity contribution in [1.82, 2.24) is 0 Å². The summed E-state index contributed by atoms with van der Waals surface area (Å²) in [6.45, 7) is 2.81. The van der Waals surface area contributed by atoms with E-state index in [2.05, 4.69) is 11.0 Å². The van der Waals surface area contributed by atoms with Crippen LogP contribution in [0.25, 0.3) is 10.8 Å². The zero-order chi connectivity index (χ0) is 38.3. The van der Waals surface area contributed by atoms with E-state index in [1.807, 2.05) is 84.9 Å². The number of amides is 4. The Morgan fingerprint density at radius 3 is 2.14 bits per heavy atom. The minimum atomic E-state index is -1.42. The van der Waals surface area contributed by atoms with Crippen molar-refractivity contribution in [2.24, 2.45) is 23.7 Å². The third-order valence-corrected chi connectivity index (χ3v) is 13.1. The van der Waals surface area contributed by atoms with E-state index in [1.165, 1.54) is 9.80 Å². The largest absolute Gasteiger partial charge is 0.507 e. The predicted molar refractivity (Wildman–Crippen MR) is 214 cm³/mol. The molecule has 4 fully saturated rings. The SMILES string of the molecule is O=C1C2CC=C3C(CC4C(=O)N(c5cccc(Cl)c5)C(=O)C4(c4ccccc4)C3c3ccc(O)c4ccccc34)C2C(=O)N1c1ccc(N2CCOCC2)cc1. The summed E-state index contributed by atoms with van der Waals surface area (Å²) >= 11 is 6.47. The van der Waals surface area contributed by atoms with Crippen LogP contribution in [0.15, 0.2) is 127 Å². The standard InChI is InChI=1S/C46H38ClN3O6/c47-28-9-6-10-31(25-28)50-43(53)38-26-37-35(17-18-36-40(37)44(54)49(42(36)52)30-15-13-29(14-16-30)48-21-23-56-24-22-48)41(46(38,45(50)55)27-7-2-1-3-8-27)34-19-20-39(51)33-12-5-4-11-32(33)34/h1-17,19-20,25,36-38,40-41,51H,18,21-24,26H2. The second-order valence-corrected chi connectivity index (χ2v) is 15.9. The summed E-state index contributed by atoms with van der Waals surface area (Å²) in [5, 5.41) is 12.8. The van der Waals surface area contributed by atoms with Crippen molar-refractivity contribution in [3.63, 3.8) is 0 Å². The minimum Gasteiger partial charge on any atom is -0.507 e. The fourth-order valence-corrected chi connectivity index (χ4v) is 10.7. The number of anilines is 3. The number of fused-ring (bicyclic) bond motifs is 5. The van der Waals surface area contributed by atoms with E-state index in [0.717, 1.165) is 35.3 Å². The Bertz CT molecular complexity index is 2480. The Morgan fingerprint density at radius 2 is 1.39 bits per heavy atom. The summed E-state index contributed by atoms with van der Waals surface area (Å²) in [6.07, 6.45) is 2.57. The average molecular weight is 764 g/mol. The van der Waals surface area contributed by atoms with Gasteiger partial charge in [0, 0.05) is 35.1 Å². The molecular weight excluding hydrogens is 726 g/mol. The van der Waals surface area contributed by atoms with Crippen LogP contribution in [0, 0.1) is 23.7 Å². The number of hydrogen-bond donors (Lipinski definition) is 1. The first-order valence-corrected chi connectivity index (χ1v) is 19.6. The monoisotopic (exact) mass is 763 g/mol. The molecule has 6 atom stereocenters. The van der Waals surface area contributed by atoms with Crippen molar-refractivity contribution in [3.05, 3.63) is 143 Å². The molecule has 1 saturated carbocycles. The van der Waals surface area contributed by atoms with E-state index < -0.39 is 35.0 Å². The Labute approximate surface area is 328 Å². The van der Waals surface area contributed by atoms with Crippen molar-refractivity contribution < 1.29 is 29.0 Å². The van der Waals surface area contributed by atoms with Gasteiger partial charge in [0.1, 0.15) is 5.75 Å². The van der Waals surface area contributed by atoms with Crippen LogP contribution < -0.4 is 14.7 Å². The number of phenolic OH excluding ortho intramolecular Hbond substituents is 1. The van der Waals surface area contributed by atoms with Crippen molar-refractivity contribution in [2.45, 2.75) is 24.2 Å². The zero-order valence-corrected chi connectivity index (χ0v) is 31.1. The maximum Gasteiger partial charge on any atom is 0.246 e. The molecule has 5 aromatic carbocycles. The van der Waals surface area contributed by atoms with Gasteiger partial charge in [-0.2, -0.15) is 0 Å². The Kier molecular flexibility index (Phi) is 8.16. The van der Waals surface area contributed by atoms with Gasteiger partial charge in [-0.25, -0.2) is 4.90 Å². The summed E-state index contributed by atoms with van der Waals surface area (Å²) in [5.41, 5.74) is 2.79. The lowest BCUT2D eigenvalue weighted by Gasteiger charge is -2.51. The second kappa shape index (κ2) is 13.2. The summed E-state index contributed by atoms with van der Waals surface area (Å²) in [4.78, 5) is 64.8. The van der Waals surface area contributed by atoms with Crippen LogP contribution in [0.1, 0.15) is 29.9 Å². The molecule has 0 radical (unpaired) electrons. The van der Waals surface area contributed by atoms with Crippen LogP contribution in [-0.4, -0.2) is 55.0 Å². The molecular formula is C46H38ClN3O6. The fraction of sp³-hybridized carbons (Fsp3) is 0.261. The smallest absolute Gasteiger partial charge is 0.246 e. The van der Waals surface area contributed by atoms with Crippen LogP contribution >= 0.6 is 11.6 Å². The molecule has 1 N–H and O–H groups in total. The molecule has 4 amide bonds. The number of nitrogens with zero attached hydrogens (tertiary/aromatic N) is 3. The highest BCUT2D eigenvalue weighted by molar-refractivity contribution is 6.32. The van der Waals surface area contributed by atoms with Crippen molar-refractivity contribution in [1.29, 1.82) is 0 Å². The van der Waals surface area contributed by atoms with Crippen LogP contribution in [-0.2, 0) is 29.3 Å². The molecule has 5 aliphatic rings. The third kappa shape index (κ3) is 4.96. The number of imide groups is 2. The topological polar surface area (TPSA) is 107 Å². The number of phenols is 1. The minimum absolute atomic E-state index is 0.0981.